The zero-order valence-electron chi connectivity index (χ0n) is 19.9. The molecule has 0 amide bonds. The summed E-state index contributed by atoms with van der Waals surface area (Å²) in [6, 6.07) is 12.9. The van der Waals surface area contributed by atoms with Crippen molar-refractivity contribution in [2.24, 2.45) is 5.92 Å². The van der Waals surface area contributed by atoms with Gasteiger partial charge in [-0.25, -0.2) is 4.79 Å². The van der Waals surface area contributed by atoms with Gasteiger partial charge in [-0.3, -0.25) is 10.1 Å². The number of ether oxygens (including phenoxy) is 1. The molecule has 1 aliphatic rings. The first-order valence-corrected chi connectivity index (χ1v) is 12.0. The highest BCUT2D eigenvalue weighted by atomic mass is 32.1. The SMILES string of the molecule is CC1=C(C(=O)OCC(C)C)C(c2ccc([N+](=O)[O-])s2)C(c2noc(Cc3ccccc3)n2)=C(C)N1. The van der Waals surface area contributed by atoms with Crippen molar-refractivity contribution < 1.29 is 19.0 Å². The van der Waals surface area contributed by atoms with Crippen LogP contribution in [0.3, 0.4) is 0 Å². The van der Waals surface area contributed by atoms with Crippen molar-refractivity contribution in [1.29, 1.82) is 0 Å². The Bertz CT molecular complexity index is 1310. The van der Waals surface area contributed by atoms with Crippen molar-refractivity contribution in [1.82, 2.24) is 15.5 Å². The minimum Gasteiger partial charge on any atom is -0.462 e. The Morgan fingerprint density at radius 1 is 1.20 bits per heavy atom. The zero-order chi connectivity index (χ0) is 25.1. The van der Waals surface area contributed by atoms with Crippen LogP contribution in [0.25, 0.3) is 5.57 Å². The predicted molar refractivity (Wildman–Crippen MR) is 131 cm³/mol. The van der Waals surface area contributed by atoms with Crippen molar-refractivity contribution in [2.75, 3.05) is 6.61 Å². The van der Waals surface area contributed by atoms with Gasteiger partial charge < -0.3 is 14.6 Å². The van der Waals surface area contributed by atoms with E-state index in [1.54, 1.807) is 13.0 Å². The quantitative estimate of drug-likeness (QED) is 0.257. The van der Waals surface area contributed by atoms with E-state index in [-0.39, 0.29) is 17.5 Å². The van der Waals surface area contributed by atoms with Gasteiger partial charge in [-0.1, -0.05) is 60.7 Å². The lowest BCUT2D eigenvalue weighted by atomic mass is 9.84. The second kappa shape index (κ2) is 10.2. The third kappa shape index (κ3) is 5.32. The first-order chi connectivity index (χ1) is 16.7. The van der Waals surface area contributed by atoms with E-state index in [1.165, 1.54) is 6.07 Å². The van der Waals surface area contributed by atoms with Crippen LogP contribution in [0.2, 0.25) is 0 Å². The lowest BCUT2D eigenvalue weighted by Gasteiger charge is -2.29. The molecule has 182 valence electrons. The molecule has 2 aromatic heterocycles. The maximum Gasteiger partial charge on any atom is 0.336 e. The number of rotatable bonds is 8. The molecule has 1 unspecified atom stereocenters. The van der Waals surface area contributed by atoms with E-state index in [4.69, 9.17) is 9.26 Å². The van der Waals surface area contributed by atoms with E-state index in [1.807, 2.05) is 51.1 Å². The number of nitro groups is 1. The Morgan fingerprint density at radius 3 is 2.60 bits per heavy atom. The molecule has 10 heteroatoms. The average molecular weight is 495 g/mol. The number of esters is 1. The van der Waals surface area contributed by atoms with Crippen molar-refractivity contribution in [2.45, 2.75) is 40.0 Å². The van der Waals surface area contributed by atoms with E-state index < -0.39 is 16.8 Å². The summed E-state index contributed by atoms with van der Waals surface area (Å²) in [5.41, 5.74) is 3.36. The molecule has 0 bridgehead atoms. The predicted octanol–water partition coefficient (Wildman–Crippen LogP) is 5.22. The molecular formula is C25H26N4O5S. The summed E-state index contributed by atoms with van der Waals surface area (Å²) in [6.07, 6.45) is 0.459. The normalized spacial score (nSPS) is 16.0. The number of carbonyl (C=O) groups is 1. The van der Waals surface area contributed by atoms with Gasteiger partial charge in [0.05, 0.1) is 29.4 Å². The van der Waals surface area contributed by atoms with Crippen molar-refractivity contribution in [3.05, 3.63) is 91.7 Å². The van der Waals surface area contributed by atoms with E-state index in [9.17, 15) is 14.9 Å². The fourth-order valence-corrected chi connectivity index (χ4v) is 4.91. The van der Waals surface area contributed by atoms with Gasteiger partial charge in [0.2, 0.25) is 11.7 Å². The van der Waals surface area contributed by atoms with Gasteiger partial charge in [0.25, 0.3) is 0 Å². The standard InChI is InChI=1S/C25H26N4O5S/c1-14(2)13-33-25(30)22-16(4)26-15(3)21(23(22)18-10-11-20(35-18)29(31)32)24-27-19(34-28-24)12-17-8-6-5-7-9-17/h5-11,14,23,26H,12-13H2,1-4H3. The number of aromatic nitrogens is 2. The molecule has 0 radical (unpaired) electrons. The Kier molecular flexibility index (Phi) is 7.11. The number of benzene rings is 1. The largest absolute Gasteiger partial charge is 0.462 e. The summed E-state index contributed by atoms with van der Waals surface area (Å²) in [5.74, 6) is -0.215. The van der Waals surface area contributed by atoms with Gasteiger partial charge in [0.15, 0.2) is 0 Å². The third-order valence-corrected chi connectivity index (χ3v) is 6.61. The summed E-state index contributed by atoms with van der Waals surface area (Å²) in [4.78, 5) is 29.4. The lowest BCUT2D eigenvalue weighted by molar-refractivity contribution is -0.380. The highest BCUT2D eigenvalue weighted by Crippen LogP contribution is 2.46. The number of hydrogen-bond acceptors (Lipinski definition) is 9. The smallest absolute Gasteiger partial charge is 0.336 e. The van der Waals surface area contributed by atoms with E-state index in [0.29, 0.717) is 39.9 Å². The molecule has 1 aromatic carbocycles. The number of hydrogen-bond donors (Lipinski definition) is 1. The van der Waals surface area contributed by atoms with Crippen LogP contribution < -0.4 is 5.32 Å². The van der Waals surface area contributed by atoms with Crippen LogP contribution in [0.15, 0.2) is 64.0 Å². The molecule has 0 saturated carbocycles. The lowest BCUT2D eigenvalue weighted by Crippen LogP contribution is -2.29. The number of dihydropyridines is 1. The molecule has 4 rings (SSSR count). The molecule has 3 aromatic rings. The van der Waals surface area contributed by atoms with Gasteiger partial charge >= 0.3 is 11.0 Å². The Hall–Kier alpha value is -3.79. The van der Waals surface area contributed by atoms with Crippen molar-refractivity contribution in [3.8, 4) is 0 Å². The molecule has 35 heavy (non-hydrogen) atoms. The first-order valence-electron chi connectivity index (χ1n) is 11.2. The fraction of sp³-hybridized carbons (Fsp3) is 0.320. The highest BCUT2D eigenvalue weighted by Gasteiger charge is 2.38. The molecule has 1 atom stereocenters. The first kappa shape index (κ1) is 24.3. The average Bonchev–Trinajstić information content (AvgIpc) is 3.48. The Labute approximate surface area is 206 Å². The van der Waals surface area contributed by atoms with Gasteiger partial charge in [-0.15, -0.1) is 0 Å². The Morgan fingerprint density at radius 2 is 1.94 bits per heavy atom. The van der Waals surface area contributed by atoms with Crippen molar-refractivity contribution in [3.63, 3.8) is 0 Å². The second-order valence-electron chi connectivity index (χ2n) is 8.73. The van der Waals surface area contributed by atoms with Crippen LogP contribution in [0.5, 0.6) is 0 Å². The van der Waals surface area contributed by atoms with Crippen LogP contribution in [0, 0.1) is 16.0 Å². The molecule has 3 heterocycles. The summed E-state index contributed by atoms with van der Waals surface area (Å²) in [6.45, 7) is 7.82. The van der Waals surface area contributed by atoms with E-state index in [0.717, 1.165) is 22.6 Å². The van der Waals surface area contributed by atoms with Crippen molar-refractivity contribution >= 4 is 27.9 Å². The van der Waals surface area contributed by atoms with Gasteiger partial charge in [-0.05, 0) is 31.4 Å². The monoisotopic (exact) mass is 494 g/mol. The highest BCUT2D eigenvalue weighted by molar-refractivity contribution is 7.15. The summed E-state index contributed by atoms with van der Waals surface area (Å²) < 4.78 is 11.1. The van der Waals surface area contributed by atoms with Gasteiger partial charge in [0.1, 0.15) is 0 Å². The van der Waals surface area contributed by atoms with Crippen LogP contribution in [-0.2, 0) is 16.0 Å². The number of nitrogens with one attached hydrogen (secondary N) is 1. The van der Waals surface area contributed by atoms with Crippen LogP contribution in [0.4, 0.5) is 5.00 Å². The number of allylic oxidation sites excluding steroid dienone is 3. The summed E-state index contributed by atoms with van der Waals surface area (Å²) in [5, 5.41) is 18.8. The van der Waals surface area contributed by atoms with Crippen LogP contribution in [-0.4, -0.2) is 27.6 Å². The Balaban J connectivity index is 1.76. The molecule has 0 fully saturated rings. The topological polar surface area (TPSA) is 120 Å². The molecular weight excluding hydrogens is 468 g/mol. The maximum absolute atomic E-state index is 13.2. The fourth-order valence-electron chi connectivity index (χ4n) is 3.97. The molecule has 1 N–H and O–H groups in total. The minimum absolute atomic E-state index is 0.0130. The van der Waals surface area contributed by atoms with Gasteiger partial charge in [0, 0.05) is 27.9 Å². The number of carbonyl (C=O) groups excluding carboxylic acids is 1. The van der Waals surface area contributed by atoms with Crippen LogP contribution >= 0.6 is 11.3 Å². The molecule has 1 aliphatic heterocycles. The minimum atomic E-state index is -0.642. The molecule has 9 nitrogen and oxygen atoms in total. The number of nitrogens with zero attached hydrogens (tertiary/aromatic N) is 3. The molecule has 0 aliphatic carbocycles. The zero-order valence-corrected chi connectivity index (χ0v) is 20.7. The van der Waals surface area contributed by atoms with Crippen LogP contribution in [0.1, 0.15) is 55.8 Å². The summed E-state index contributed by atoms with van der Waals surface area (Å²) in [7, 11) is 0. The summed E-state index contributed by atoms with van der Waals surface area (Å²) >= 11 is 1.02. The molecule has 0 spiro atoms. The number of thiophene rings is 1. The maximum atomic E-state index is 13.2. The van der Waals surface area contributed by atoms with E-state index >= 15 is 0 Å². The second-order valence-corrected chi connectivity index (χ2v) is 9.83. The van der Waals surface area contributed by atoms with E-state index in [2.05, 4.69) is 15.5 Å². The molecule has 0 saturated heterocycles. The third-order valence-electron chi connectivity index (χ3n) is 5.51. The van der Waals surface area contributed by atoms with Gasteiger partial charge in [-0.2, -0.15) is 4.98 Å².